The van der Waals surface area contributed by atoms with E-state index in [1.807, 2.05) is 11.8 Å². The summed E-state index contributed by atoms with van der Waals surface area (Å²) in [6, 6.07) is 0.0125. The molecule has 0 aromatic carbocycles. The molecular weight excluding hydrogens is 284 g/mol. The van der Waals surface area contributed by atoms with Crippen molar-refractivity contribution in [2.45, 2.75) is 45.7 Å². The van der Waals surface area contributed by atoms with E-state index in [1.54, 1.807) is 11.3 Å². The molecule has 2 N–H and O–H groups in total. The molecule has 0 aliphatic carbocycles. The molecule has 118 valence electrons. The van der Waals surface area contributed by atoms with Crippen molar-refractivity contribution < 1.29 is 4.79 Å². The molecule has 0 bridgehead atoms. The largest absolute Gasteiger partial charge is 0.340 e. The third-order valence-electron chi connectivity index (χ3n) is 3.87. The van der Waals surface area contributed by atoms with Gasteiger partial charge in [0, 0.05) is 50.6 Å². The highest BCUT2D eigenvalue weighted by Gasteiger charge is 2.22. The lowest BCUT2D eigenvalue weighted by Crippen LogP contribution is -2.49. The third kappa shape index (κ3) is 5.05. The van der Waals surface area contributed by atoms with Crippen molar-refractivity contribution in [1.29, 1.82) is 0 Å². The van der Waals surface area contributed by atoms with Crippen LogP contribution in [0, 0.1) is 6.92 Å². The Hall–Kier alpha value is -0.980. The Balaban J connectivity index is 1.73. The number of hydrogen-bond donors (Lipinski definition) is 1. The van der Waals surface area contributed by atoms with E-state index in [2.05, 4.69) is 22.2 Å². The van der Waals surface area contributed by atoms with Crippen LogP contribution in [-0.2, 0) is 11.3 Å². The maximum absolute atomic E-state index is 12.2. The quantitative estimate of drug-likeness (QED) is 0.867. The summed E-state index contributed by atoms with van der Waals surface area (Å²) in [5.74, 6) is 0.208. The van der Waals surface area contributed by atoms with Crippen molar-refractivity contribution in [3.8, 4) is 0 Å². The number of carbonyl (C=O) groups is 1. The van der Waals surface area contributed by atoms with Gasteiger partial charge >= 0.3 is 0 Å². The Morgan fingerprint density at radius 3 is 2.71 bits per heavy atom. The number of aryl methyl sites for hydroxylation is 1. The van der Waals surface area contributed by atoms with Gasteiger partial charge in [-0.1, -0.05) is 13.3 Å². The molecule has 2 heterocycles. The molecule has 1 atom stereocenters. The zero-order valence-electron chi connectivity index (χ0n) is 13.0. The Labute approximate surface area is 131 Å². The molecule has 0 saturated carbocycles. The fourth-order valence-corrected chi connectivity index (χ4v) is 3.30. The fourth-order valence-electron chi connectivity index (χ4n) is 2.69. The first kappa shape index (κ1) is 16.4. The van der Waals surface area contributed by atoms with E-state index in [0.29, 0.717) is 6.42 Å². The minimum atomic E-state index is 0.0125. The molecular formula is C15H26N4OS. The summed E-state index contributed by atoms with van der Waals surface area (Å²) < 4.78 is 0. The molecule has 2 rings (SSSR count). The summed E-state index contributed by atoms with van der Waals surface area (Å²) >= 11 is 1.69. The lowest BCUT2D eigenvalue weighted by Gasteiger charge is -2.34. The summed E-state index contributed by atoms with van der Waals surface area (Å²) in [6.07, 6.45) is 2.45. The number of amides is 1. The van der Waals surface area contributed by atoms with E-state index in [-0.39, 0.29) is 11.9 Å². The molecule has 1 unspecified atom stereocenters. The van der Waals surface area contributed by atoms with Crippen LogP contribution >= 0.6 is 11.3 Å². The molecule has 1 fully saturated rings. The lowest BCUT2D eigenvalue weighted by atomic mass is 10.1. The first-order valence-corrected chi connectivity index (χ1v) is 8.63. The molecule has 0 radical (unpaired) electrons. The van der Waals surface area contributed by atoms with E-state index in [9.17, 15) is 4.79 Å². The van der Waals surface area contributed by atoms with Crippen LogP contribution in [0.25, 0.3) is 0 Å². The Kier molecular flexibility index (Phi) is 6.14. The van der Waals surface area contributed by atoms with Crippen molar-refractivity contribution in [2.75, 3.05) is 26.2 Å². The van der Waals surface area contributed by atoms with Crippen LogP contribution in [0.2, 0.25) is 0 Å². The second-order valence-corrected chi connectivity index (χ2v) is 6.83. The van der Waals surface area contributed by atoms with Crippen LogP contribution < -0.4 is 5.73 Å². The predicted octanol–water partition coefficient (Wildman–Crippen LogP) is 1.61. The van der Waals surface area contributed by atoms with Gasteiger partial charge in [0.1, 0.15) is 0 Å². The van der Waals surface area contributed by atoms with Crippen LogP contribution in [0.15, 0.2) is 5.38 Å². The number of nitrogens with two attached hydrogens (primary N) is 1. The summed E-state index contributed by atoms with van der Waals surface area (Å²) in [7, 11) is 0. The van der Waals surface area contributed by atoms with E-state index in [4.69, 9.17) is 5.73 Å². The molecule has 1 aromatic heterocycles. The molecule has 1 aromatic rings. The fraction of sp³-hybridized carbons (Fsp3) is 0.733. The Bertz CT molecular complexity index is 454. The summed E-state index contributed by atoms with van der Waals surface area (Å²) in [5, 5.41) is 3.24. The van der Waals surface area contributed by atoms with Gasteiger partial charge in [0.15, 0.2) is 0 Å². The average molecular weight is 310 g/mol. The SMILES string of the molecule is CCCC(N)CC(=O)N1CCN(Cc2csc(C)n2)CC1. The third-order valence-corrected chi connectivity index (χ3v) is 4.70. The van der Waals surface area contributed by atoms with Gasteiger partial charge in [0.2, 0.25) is 5.91 Å². The number of aromatic nitrogens is 1. The van der Waals surface area contributed by atoms with Gasteiger partial charge in [-0.25, -0.2) is 4.98 Å². The number of hydrogen-bond acceptors (Lipinski definition) is 5. The van der Waals surface area contributed by atoms with Crippen LogP contribution in [0.3, 0.4) is 0 Å². The van der Waals surface area contributed by atoms with Crippen LogP contribution in [0.1, 0.15) is 36.9 Å². The summed E-state index contributed by atoms with van der Waals surface area (Å²) in [4.78, 5) is 21.0. The number of rotatable bonds is 6. The van der Waals surface area contributed by atoms with Crippen molar-refractivity contribution in [2.24, 2.45) is 5.73 Å². The number of nitrogens with zero attached hydrogens (tertiary/aromatic N) is 3. The van der Waals surface area contributed by atoms with Gasteiger partial charge < -0.3 is 10.6 Å². The molecule has 6 heteroatoms. The van der Waals surface area contributed by atoms with E-state index >= 15 is 0 Å². The minimum Gasteiger partial charge on any atom is -0.340 e. The predicted molar refractivity (Wildman–Crippen MR) is 86.2 cm³/mol. The van der Waals surface area contributed by atoms with E-state index < -0.39 is 0 Å². The summed E-state index contributed by atoms with van der Waals surface area (Å²) in [5.41, 5.74) is 7.10. The topological polar surface area (TPSA) is 62.5 Å². The van der Waals surface area contributed by atoms with Crippen molar-refractivity contribution in [3.63, 3.8) is 0 Å². The Morgan fingerprint density at radius 1 is 1.43 bits per heavy atom. The van der Waals surface area contributed by atoms with Crippen LogP contribution in [0.4, 0.5) is 0 Å². The molecule has 21 heavy (non-hydrogen) atoms. The highest BCUT2D eigenvalue weighted by Crippen LogP contribution is 2.13. The van der Waals surface area contributed by atoms with E-state index in [1.165, 1.54) is 0 Å². The minimum absolute atomic E-state index is 0.0125. The van der Waals surface area contributed by atoms with Gasteiger partial charge in [-0.3, -0.25) is 9.69 Å². The molecule has 1 aliphatic heterocycles. The van der Waals surface area contributed by atoms with Gasteiger partial charge in [-0.05, 0) is 13.3 Å². The van der Waals surface area contributed by atoms with E-state index in [0.717, 1.165) is 56.3 Å². The zero-order valence-corrected chi connectivity index (χ0v) is 13.9. The van der Waals surface area contributed by atoms with Gasteiger partial charge in [0.05, 0.1) is 10.7 Å². The average Bonchev–Trinajstić information content (AvgIpc) is 2.85. The highest BCUT2D eigenvalue weighted by molar-refractivity contribution is 7.09. The van der Waals surface area contributed by atoms with Crippen molar-refractivity contribution in [1.82, 2.24) is 14.8 Å². The Morgan fingerprint density at radius 2 is 2.14 bits per heavy atom. The van der Waals surface area contributed by atoms with Crippen LogP contribution in [-0.4, -0.2) is 52.9 Å². The van der Waals surface area contributed by atoms with Gasteiger partial charge in [-0.2, -0.15) is 0 Å². The number of thiazole rings is 1. The number of carbonyl (C=O) groups excluding carboxylic acids is 1. The molecule has 1 aliphatic rings. The van der Waals surface area contributed by atoms with Crippen molar-refractivity contribution in [3.05, 3.63) is 16.1 Å². The summed E-state index contributed by atoms with van der Waals surface area (Å²) in [6.45, 7) is 8.48. The highest BCUT2D eigenvalue weighted by atomic mass is 32.1. The first-order chi connectivity index (χ1) is 10.1. The smallest absolute Gasteiger partial charge is 0.224 e. The normalized spacial score (nSPS) is 18.0. The maximum atomic E-state index is 12.2. The standard InChI is InChI=1S/C15H26N4OS/c1-3-4-13(16)9-15(20)19-7-5-18(6-8-19)10-14-11-21-12(2)17-14/h11,13H,3-10,16H2,1-2H3. The lowest BCUT2D eigenvalue weighted by molar-refractivity contribution is -0.133. The molecule has 1 saturated heterocycles. The first-order valence-electron chi connectivity index (χ1n) is 7.75. The molecule has 1 amide bonds. The number of piperazine rings is 1. The van der Waals surface area contributed by atoms with Crippen LogP contribution in [0.5, 0.6) is 0 Å². The second kappa shape index (κ2) is 7.87. The van der Waals surface area contributed by atoms with Gasteiger partial charge in [0.25, 0.3) is 0 Å². The monoisotopic (exact) mass is 310 g/mol. The molecule has 5 nitrogen and oxygen atoms in total. The van der Waals surface area contributed by atoms with Gasteiger partial charge in [-0.15, -0.1) is 11.3 Å². The zero-order chi connectivity index (χ0) is 15.2. The maximum Gasteiger partial charge on any atom is 0.224 e. The second-order valence-electron chi connectivity index (χ2n) is 5.77. The van der Waals surface area contributed by atoms with Crippen molar-refractivity contribution >= 4 is 17.2 Å². The molecule has 0 spiro atoms.